The fraction of sp³-hybridized carbons (Fsp3) is 0.368. The molecule has 1 aliphatic rings. The minimum atomic E-state index is -0.309. The number of hydrogen-bond acceptors (Lipinski definition) is 4. The van der Waals surface area contributed by atoms with Crippen LogP contribution in [-0.4, -0.2) is 23.5 Å². The summed E-state index contributed by atoms with van der Waals surface area (Å²) in [6, 6.07) is 9.06. The topological polar surface area (TPSA) is 63.2 Å². The molecule has 1 saturated carbocycles. The van der Waals surface area contributed by atoms with E-state index < -0.39 is 0 Å². The Morgan fingerprint density at radius 1 is 1.15 bits per heavy atom. The highest BCUT2D eigenvalue weighted by molar-refractivity contribution is 6.35. The van der Waals surface area contributed by atoms with Gasteiger partial charge in [-0.05, 0) is 43.2 Å². The number of carbonyl (C=O) groups excluding carboxylic acids is 1. The highest BCUT2D eigenvalue weighted by atomic mass is 35.5. The molecule has 0 aliphatic heterocycles. The summed E-state index contributed by atoms with van der Waals surface area (Å²) >= 11 is 11.8. The van der Waals surface area contributed by atoms with Gasteiger partial charge in [-0.15, -0.1) is 0 Å². The van der Waals surface area contributed by atoms with Crippen molar-refractivity contribution in [1.29, 1.82) is 0 Å². The zero-order valence-corrected chi connectivity index (χ0v) is 15.8. The average Bonchev–Trinajstić information content (AvgIpc) is 2.63. The van der Waals surface area contributed by atoms with Crippen molar-refractivity contribution in [2.24, 2.45) is 0 Å². The van der Waals surface area contributed by atoms with Gasteiger partial charge in [-0.25, -0.2) is 4.98 Å². The van der Waals surface area contributed by atoms with Crippen LogP contribution in [0.25, 0.3) is 0 Å². The molecular weight excluding hydrogens is 373 g/mol. The zero-order valence-electron chi connectivity index (χ0n) is 14.3. The van der Waals surface area contributed by atoms with Crippen LogP contribution < -0.4 is 15.4 Å². The van der Waals surface area contributed by atoms with Crippen molar-refractivity contribution < 1.29 is 9.53 Å². The highest BCUT2D eigenvalue weighted by Crippen LogP contribution is 2.27. The van der Waals surface area contributed by atoms with Gasteiger partial charge in [0.2, 0.25) is 0 Å². The van der Waals surface area contributed by atoms with E-state index in [-0.39, 0.29) is 12.5 Å². The number of aromatic nitrogens is 1. The van der Waals surface area contributed by atoms with E-state index in [0.29, 0.717) is 27.7 Å². The summed E-state index contributed by atoms with van der Waals surface area (Å²) in [7, 11) is 0. The summed E-state index contributed by atoms with van der Waals surface area (Å²) in [5, 5.41) is 7.07. The van der Waals surface area contributed by atoms with E-state index in [9.17, 15) is 4.79 Å². The van der Waals surface area contributed by atoms with Gasteiger partial charge in [0.15, 0.2) is 6.61 Å². The maximum Gasteiger partial charge on any atom is 0.263 e. The van der Waals surface area contributed by atoms with Gasteiger partial charge in [-0.2, -0.15) is 0 Å². The van der Waals surface area contributed by atoms with E-state index in [1.165, 1.54) is 32.1 Å². The van der Waals surface area contributed by atoms with Gasteiger partial charge < -0.3 is 15.4 Å². The predicted molar refractivity (Wildman–Crippen MR) is 105 cm³/mol. The molecule has 0 atom stereocenters. The quantitative estimate of drug-likeness (QED) is 0.711. The third kappa shape index (κ3) is 5.51. The molecule has 3 rings (SSSR count). The van der Waals surface area contributed by atoms with Crippen LogP contribution in [0.3, 0.4) is 0 Å². The number of carbonyl (C=O) groups is 1. The van der Waals surface area contributed by atoms with Crippen LogP contribution in [0.15, 0.2) is 36.5 Å². The SMILES string of the molecule is O=C(COc1ccc(Cl)cc1Cl)Nc1ccc(NC2CCCCC2)cn1. The van der Waals surface area contributed by atoms with Gasteiger partial charge in [0.1, 0.15) is 11.6 Å². The summed E-state index contributed by atoms with van der Waals surface area (Å²) in [6.07, 6.45) is 8.01. The lowest BCUT2D eigenvalue weighted by molar-refractivity contribution is -0.118. The normalized spacial score (nSPS) is 14.7. The molecule has 0 saturated heterocycles. The van der Waals surface area contributed by atoms with Crippen LogP contribution >= 0.6 is 23.2 Å². The first kappa shape index (κ1) is 18.8. The number of hydrogen-bond donors (Lipinski definition) is 2. The summed E-state index contributed by atoms with van der Waals surface area (Å²) in [5.41, 5.74) is 0.971. The molecule has 0 radical (unpaired) electrons. The molecule has 1 heterocycles. The third-order valence-corrected chi connectivity index (χ3v) is 4.79. The van der Waals surface area contributed by atoms with Crippen molar-refractivity contribution in [1.82, 2.24) is 4.98 Å². The second-order valence-electron chi connectivity index (χ2n) is 6.32. The van der Waals surface area contributed by atoms with Crippen molar-refractivity contribution in [2.45, 2.75) is 38.1 Å². The lowest BCUT2D eigenvalue weighted by Gasteiger charge is -2.23. The Hall–Kier alpha value is -1.98. The summed E-state index contributed by atoms with van der Waals surface area (Å²) in [4.78, 5) is 16.3. The lowest BCUT2D eigenvalue weighted by Crippen LogP contribution is -2.23. The molecule has 2 N–H and O–H groups in total. The van der Waals surface area contributed by atoms with Gasteiger partial charge in [0.25, 0.3) is 5.91 Å². The molecule has 0 unspecified atom stereocenters. The van der Waals surface area contributed by atoms with Gasteiger partial charge in [0, 0.05) is 11.1 Å². The van der Waals surface area contributed by atoms with Crippen LogP contribution in [-0.2, 0) is 4.79 Å². The van der Waals surface area contributed by atoms with E-state index in [1.807, 2.05) is 6.07 Å². The molecule has 1 fully saturated rings. The van der Waals surface area contributed by atoms with Crippen LogP contribution in [0.4, 0.5) is 11.5 Å². The highest BCUT2D eigenvalue weighted by Gasteiger charge is 2.13. The standard InChI is InChI=1S/C19H21Cl2N3O2/c20-13-6-8-17(16(21)10-13)26-12-19(25)24-18-9-7-15(11-22-18)23-14-4-2-1-3-5-14/h6-11,14,23H,1-5,12H2,(H,22,24,25). The number of halogens is 2. The lowest BCUT2D eigenvalue weighted by atomic mass is 9.95. The Morgan fingerprint density at radius 2 is 1.96 bits per heavy atom. The number of benzene rings is 1. The van der Waals surface area contributed by atoms with Gasteiger partial charge in [-0.1, -0.05) is 42.5 Å². The molecule has 0 spiro atoms. The molecule has 0 bridgehead atoms. The molecule has 26 heavy (non-hydrogen) atoms. The number of pyridine rings is 1. The van der Waals surface area contributed by atoms with Crippen LogP contribution in [0.2, 0.25) is 10.0 Å². The number of ether oxygens (including phenoxy) is 1. The van der Waals surface area contributed by atoms with Crippen LogP contribution in [0, 0.1) is 0 Å². The Kier molecular flexibility index (Phi) is 6.58. The molecule has 2 aromatic rings. The third-order valence-electron chi connectivity index (χ3n) is 4.26. The Labute approximate surface area is 163 Å². The number of anilines is 2. The average molecular weight is 394 g/mol. The number of amides is 1. The van der Waals surface area contributed by atoms with E-state index in [4.69, 9.17) is 27.9 Å². The minimum absolute atomic E-state index is 0.162. The van der Waals surface area contributed by atoms with Crippen molar-refractivity contribution >= 4 is 40.6 Å². The summed E-state index contributed by atoms with van der Waals surface area (Å²) in [5.74, 6) is 0.581. The number of nitrogens with one attached hydrogen (secondary N) is 2. The smallest absolute Gasteiger partial charge is 0.263 e. The van der Waals surface area contributed by atoms with Crippen molar-refractivity contribution in [3.63, 3.8) is 0 Å². The maximum atomic E-state index is 12.0. The van der Waals surface area contributed by atoms with E-state index in [2.05, 4.69) is 15.6 Å². The van der Waals surface area contributed by atoms with Gasteiger partial charge >= 0.3 is 0 Å². The van der Waals surface area contributed by atoms with Crippen molar-refractivity contribution in [2.75, 3.05) is 17.2 Å². The fourth-order valence-electron chi connectivity index (χ4n) is 2.95. The molecule has 5 nitrogen and oxygen atoms in total. The van der Waals surface area contributed by atoms with Gasteiger partial charge in [0.05, 0.1) is 16.9 Å². The largest absolute Gasteiger partial charge is 0.482 e. The second kappa shape index (κ2) is 9.10. The first-order valence-corrected chi connectivity index (χ1v) is 9.46. The minimum Gasteiger partial charge on any atom is -0.482 e. The molecular formula is C19H21Cl2N3O2. The number of rotatable bonds is 6. The van der Waals surface area contributed by atoms with Crippen molar-refractivity contribution in [3.8, 4) is 5.75 Å². The van der Waals surface area contributed by atoms with E-state index >= 15 is 0 Å². The first-order chi connectivity index (χ1) is 12.6. The Morgan fingerprint density at radius 3 is 2.65 bits per heavy atom. The number of nitrogens with zero attached hydrogens (tertiary/aromatic N) is 1. The molecule has 7 heteroatoms. The molecule has 1 aromatic heterocycles. The fourth-order valence-corrected chi connectivity index (χ4v) is 3.41. The maximum absolute atomic E-state index is 12.0. The van der Waals surface area contributed by atoms with E-state index in [0.717, 1.165) is 5.69 Å². The Balaban J connectivity index is 1.47. The predicted octanol–water partition coefficient (Wildman–Crippen LogP) is 5.15. The monoisotopic (exact) mass is 393 g/mol. The zero-order chi connectivity index (χ0) is 18.4. The van der Waals surface area contributed by atoms with Gasteiger partial charge in [-0.3, -0.25) is 4.79 Å². The molecule has 138 valence electrons. The van der Waals surface area contributed by atoms with Crippen molar-refractivity contribution in [3.05, 3.63) is 46.6 Å². The molecule has 1 aliphatic carbocycles. The summed E-state index contributed by atoms with van der Waals surface area (Å²) in [6.45, 7) is -0.162. The van der Waals surface area contributed by atoms with E-state index in [1.54, 1.807) is 30.5 Å². The van der Waals surface area contributed by atoms with Crippen LogP contribution in [0.5, 0.6) is 5.75 Å². The molecule has 1 amide bonds. The Bertz CT molecular complexity index is 747. The molecule has 1 aromatic carbocycles. The summed E-state index contributed by atoms with van der Waals surface area (Å²) < 4.78 is 5.41. The first-order valence-electron chi connectivity index (χ1n) is 8.70. The van der Waals surface area contributed by atoms with Crippen LogP contribution in [0.1, 0.15) is 32.1 Å². The second-order valence-corrected chi connectivity index (χ2v) is 7.17.